The first-order valence-corrected chi connectivity index (χ1v) is 17.7. The van der Waals surface area contributed by atoms with Crippen molar-refractivity contribution in [2.45, 2.75) is 86.7 Å². The topological polar surface area (TPSA) is 115 Å². The minimum atomic E-state index is -1.12. The van der Waals surface area contributed by atoms with Crippen molar-refractivity contribution in [2.24, 2.45) is 5.92 Å². The summed E-state index contributed by atoms with van der Waals surface area (Å²) in [4.78, 5) is 44.3. The number of aliphatic carboxylic acids is 1. The molecule has 1 unspecified atom stereocenters. The van der Waals surface area contributed by atoms with Crippen molar-refractivity contribution in [1.82, 2.24) is 20.5 Å². The molecule has 2 amide bonds. The van der Waals surface area contributed by atoms with E-state index >= 15 is 0 Å². The zero-order chi connectivity index (χ0) is 37.1. The van der Waals surface area contributed by atoms with Crippen molar-refractivity contribution in [3.63, 3.8) is 0 Å². The summed E-state index contributed by atoms with van der Waals surface area (Å²) in [6, 6.07) is 12.3. The molecule has 2 aromatic carbocycles. The number of aryl methyl sites for hydroxylation is 3. The molecule has 3 aromatic rings. The molecule has 1 fully saturated rings. The quantitative estimate of drug-likeness (QED) is 0.189. The maximum absolute atomic E-state index is 14.7. The van der Waals surface area contributed by atoms with E-state index in [0.29, 0.717) is 34.8 Å². The minimum Gasteiger partial charge on any atom is -0.481 e. The summed E-state index contributed by atoms with van der Waals surface area (Å²) in [5.74, 6) is -0.625. The molecule has 4 rings (SSSR count). The second-order valence-corrected chi connectivity index (χ2v) is 14.2. The monoisotopic (exact) mass is 709 g/mol. The number of nitrogens with zero attached hydrogens (tertiary/aromatic N) is 3. The van der Waals surface area contributed by atoms with Gasteiger partial charge in [0, 0.05) is 56.3 Å². The number of nitrogens with one attached hydrogen (secondary N) is 2. The van der Waals surface area contributed by atoms with Gasteiger partial charge in [-0.2, -0.15) is 0 Å². The Kier molecular flexibility index (Phi) is 15.2. The third kappa shape index (κ3) is 11.8. The number of hydrogen-bond acceptors (Lipinski definition) is 6. The van der Waals surface area contributed by atoms with Gasteiger partial charge in [0.2, 0.25) is 5.91 Å². The Hall–Kier alpha value is -4.02. The highest BCUT2D eigenvalue weighted by Crippen LogP contribution is 2.34. The molecule has 50 heavy (non-hydrogen) atoms. The SMILES string of the molecule is CC(=O)NC(CC(=O)O)c1cc(-c2c(C)cc(Cl)cc2C)cc(C)c1F.CC(C)CCNC(=O)c1cccc(N2CCCN(C(C)C)CC2)n1. The van der Waals surface area contributed by atoms with Crippen molar-refractivity contribution < 1.29 is 23.9 Å². The molecule has 2 heterocycles. The normalized spacial score (nSPS) is 14.1. The molecule has 272 valence electrons. The predicted octanol–water partition coefficient (Wildman–Crippen LogP) is 7.50. The van der Waals surface area contributed by atoms with E-state index in [0.717, 1.165) is 67.1 Å². The zero-order valence-electron chi connectivity index (χ0n) is 30.7. The lowest BCUT2D eigenvalue weighted by Gasteiger charge is -2.25. The Labute approximate surface area is 301 Å². The van der Waals surface area contributed by atoms with Gasteiger partial charge in [0.15, 0.2) is 0 Å². The van der Waals surface area contributed by atoms with Crippen LogP contribution in [0.5, 0.6) is 0 Å². The van der Waals surface area contributed by atoms with Gasteiger partial charge >= 0.3 is 5.97 Å². The van der Waals surface area contributed by atoms with Crippen LogP contribution in [-0.4, -0.2) is 71.5 Å². The molecular formula is C39H53ClFN5O4. The van der Waals surface area contributed by atoms with Crippen molar-refractivity contribution >= 4 is 35.2 Å². The van der Waals surface area contributed by atoms with Gasteiger partial charge in [-0.25, -0.2) is 9.37 Å². The number of rotatable bonds is 11. The van der Waals surface area contributed by atoms with E-state index in [1.54, 1.807) is 25.1 Å². The molecule has 0 radical (unpaired) electrons. The Morgan fingerprint density at radius 3 is 2.24 bits per heavy atom. The van der Waals surface area contributed by atoms with Crippen LogP contribution in [-0.2, 0) is 9.59 Å². The fraction of sp³-hybridized carbons (Fsp3) is 0.487. The third-order valence-electron chi connectivity index (χ3n) is 8.76. The number of pyridine rings is 1. The smallest absolute Gasteiger partial charge is 0.305 e. The van der Waals surface area contributed by atoms with Gasteiger partial charge in [-0.05, 0) is 118 Å². The summed E-state index contributed by atoms with van der Waals surface area (Å²) < 4.78 is 14.7. The summed E-state index contributed by atoms with van der Waals surface area (Å²) in [6.07, 6.45) is 1.71. The first-order chi connectivity index (χ1) is 23.6. The lowest BCUT2D eigenvalue weighted by atomic mass is 9.90. The molecule has 1 saturated heterocycles. The van der Waals surface area contributed by atoms with Crippen LogP contribution >= 0.6 is 11.6 Å². The standard InChI is InChI=1S/C20H21ClFNO3.C19H32N4O/c1-10-6-15(21)7-11(2)19(10)14-5-12(3)20(22)16(8-14)17(9-18(25)26)23-13(4)24;1-15(2)9-10-20-19(24)17-7-5-8-18(21-17)23-12-6-11-22(13-14-23)16(3)4/h5-8,17H,9H2,1-4H3,(H,23,24)(H,25,26);5,7-8,15-16H,6,9-14H2,1-4H3,(H,20,24). The van der Waals surface area contributed by atoms with E-state index in [1.807, 2.05) is 38.1 Å². The van der Waals surface area contributed by atoms with E-state index in [4.69, 9.17) is 16.7 Å². The number of carboxylic acid groups (broad SMARTS) is 1. The van der Waals surface area contributed by atoms with Crippen LogP contribution in [0, 0.1) is 32.5 Å². The van der Waals surface area contributed by atoms with E-state index in [9.17, 15) is 18.8 Å². The number of carboxylic acids is 1. The lowest BCUT2D eigenvalue weighted by molar-refractivity contribution is -0.137. The number of benzene rings is 2. The number of hydrogen-bond donors (Lipinski definition) is 3. The molecule has 0 bridgehead atoms. The van der Waals surface area contributed by atoms with E-state index < -0.39 is 30.2 Å². The van der Waals surface area contributed by atoms with Gasteiger partial charge in [-0.15, -0.1) is 0 Å². The molecule has 1 aromatic heterocycles. The van der Waals surface area contributed by atoms with Crippen LogP contribution in [0.2, 0.25) is 5.02 Å². The Morgan fingerprint density at radius 1 is 0.960 bits per heavy atom. The highest BCUT2D eigenvalue weighted by Gasteiger charge is 2.23. The number of aromatic nitrogens is 1. The number of anilines is 1. The Morgan fingerprint density at radius 2 is 1.64 bits per heavy atom. The average Bonchev–Trinajstić information content (AvgIpc) is 3.28. The molecule has 1 aliphatic rings. The van der Waals surface area contributed by atoms with Gasteiger partial charge in [0.25, 0.3) is 5.91 Å². The molecule has 0 spiro atoms. The largest absolute Gasteiger partial charge is 0.481 e. The molecule has 9 nitrogen and oxygen atoms in total. The maximum Gasteiger partial charge on any atom is 0.305 e. The molecule has 0 saturated carbocycles. The summed E-state index contributed by atoms with van der Waals surface area (Å²) >= 11 is 6.09. The van der Waals surface area contributed by atoms with Crippen LogP contribution in [0.1, 0.15) is 92.7 Å². The zero-order valence-corrected chi connectivity index (χ0v) is 31.5. The predicted molar refractivity (Wildman–Crippen MR) is 199 cm³/mol. The molecular weight excluding hydrogens is 657 g/mol. The van der Waals surface area contributed by atoms with E-state index in [2.05, 4.69) is 53.1 Å². The summed E-state index contributed by atoms with van der Waals surface area (Å²) in [7, 11) is 0. The second kappa shape index (κ2) is 18.8. The van der Waals surface area contributed by atoms with E-state index in [-0.39, 0.29) is 11.5 Å². The van der Waals surface area contributed by atoms with Crippen LogP contribution in [0.3, 0.4) is 0 Å². The van der Waals surface area contributed by atoms with Crippen molar-refractivity contribution in [3.05, 3.63) is 81.3 Å². The van der Waals surface area contributed by atoms with E-state index in [1.165, 1.54) is 6.92 Å². The molecule has 1 aliphatic heterocycles. The van der Waals surface area contributed by atoms with Crippen molar-refractivity contribution in [1.29, 1.82) is 0 Å². The fourth-order valence-corrected chi connectivity index (χ4v) is 6.52. The minimum absolute atomic E-state index is 0.0730. The van der Waals surface area contributed by atoms with Gasteiger partial charge in [0.1, 0.15) is 17.3 Å². The van der Waals surface area contributed by atoms with Crippen molar-refractivity contribution in [2.75, 3.05) is 37.6 Å². The van der Waals surface area contributed by atoms with Crippen LogP contribution < -0.4 is 15.5 Å². The fourth-order valence-electron chi connectivity index (χ4n) is 6.19. The van der Waals surface area contributed by atoms with Crippen LogP contribution in [0.15, 0.2) is 42.5 Å². The van der Waals surface area contributed by atoms with Gasteiger partial charge in [-0.3, -0.25) is 19.3 Å². The first kappa shape index (κ1) is 40.4. The summed E-state index contributed by atoms with van der Waals surface area (Å²) in [5.41, 5.74) is 4.59. The Bertz CT molecular complexity index is 1610. The third-order valence-corrected chi connectivity index (χ3v) is 8.98. The maximum atomic E-state index is 14.7. The number of carbonyl (C=O) groups is 3. The number of carbonyl (C=O) groups excluding carboxylic acids is 2. The molecule has 3 N–H and O–H groups in total. The number of halogens is 2. The highest BCUT2D eigenvalue weighted by atomic mass is 35.5. The first-order valence-electron chi connectivity index (χ1n) is 17.4. The van der Waals surface area contributed by atoms with Gasteiger partial charge in [-0.1, -0.05) is 31.5 Å². The Balaban J connectivity index is 0.000000271. The lowest BCUT2D eigenvalue weighted by Crippen LogP contribution is -2.35. The second-order valence-electron chi connectivity index (χ2n) is 13.8. The summed E-state index contributed by atoms with van der Waals surface area (Å²) in [6.45, 7) is 20.4. The van der Waals surface area contributed by atoms with Crippen LogP contribution in [0.4, 0.5) is 10.2 Å². The van der Waals surface area contributed by atoms with Gasteiger partial charge < -0.3 is 20.6 Å². The number of amides is 2. The van der Waals surface area contributed by atoms with Gasteiger partial charge in [0.05, 0.1) is 12.5 Å². The molecule has 11 heteroatoms. The molecule has 0 aliphatic carbocycles. The highest BCUT2D eigenvalue weighted by molar-refractivity contribution is 6.30. The average molecular weight is 710 g/mol. The molecule has 1 atom stereocenters. The van der Waals surface area contributed by atoms with Crippen LogP contribution in [0.25, 0.3) is 11.1 Å². The van der Waals surface area contributed by atoms with Crippen molar-refractivity contribution in [3.8, 4) is 11.1 Å². The summed E-state index contributed by atoms with van der Waals surface area (Å²) in [5, 5.41) is 15.2.